The summed E-state index contributed by atoms with van der Waals surface area (Å²) >= 11 is 0. The second-order valence-corrected chi connectivity index (χ2v) is 3.95. The van der Waals surface area contributed by atoms with Gasteiger partial charge in [-0.1, -0.05) is 23.4 Å². The molecule has 20 heavy (non-hydrogen) atoms. The molecule has 2 rings (SSSR count). The molecule has 0 aliphatic carbocycles. The summed E-state index contributed by atoms with van der Waals surface area (Å²) in [6.07, 6.45) is 1.28. The molecular weight excluding hydrogens is 263 g/mol. The third-order valence-electron chi connectivity index (χ3n) is 2.55. The normalized spacial score (nSPS) is 10.7. The van der Waals surface area contributed by atoms with Crippen LogP contribution in [0.25, 0.3) is 0 Å². The molecule has 0 fully saturated rings. The summed E-state index contributed by atoms with van der Waals surface area (Å²) in [7, 11) is 0. The molecule has 0 radical (unpaired) electrons. The lowest BCUT2D eigenvalue weighted by Gasteiger charge is -2.00. The van der Waals surface area contributed by atoms with Crippen LogP contribution in [0.1, 0.15) is 11.1 Å². The predicted octanol–water partition coefficient (Wildman–Crippen LogP) is 3.28. The van der Waals surface area contributed by atoms with Crippen molar-refractivity contribution in [1.82, 2.24) is 0 Å². The van der Waals surface area contributed by atoms with E-state index >= 15 is 0 Å². The topological polar surface area (TPSA) is 64.7 Å². The van der Waals surface area contributed by atoms with Gasteiger partial charge in [-0.25, -0.2) is 4.39 Å². The Morgan fingerprint density at radius 2 is 1.90 bits per heavy atom. The van der Waals surface area contributed by atoms with Crippen LogP contribution >= 0.6 is 0 Å². The maximum atomic E-state index is 13.2. The van der Waals surface area contributed by atoms with E-state index in [1.165, 1.54) is 24.4 Å². The van der Waals surface area contributed by atoms with Crippen LogP contribution in [0.15, 0.2) is 53.7 Å². The van der Waals surface area contributed by atoms with Crippen LogP contribution in [0.3, 0.4) is 0 Å². The maximum absolute atomic E-state index is 13.2. The molecule has 0 N–H and O–H groups in total. The average Bonchev–Trinajstić information content (AvgIpc) is 2.46. The molecule has 0 aromatic heterocycles. The third kappa shape index (κ3) is 3.61. The molecular formula is C14H11FN2O3. The summed E-state index contributed by atoms with van der Waals surface area (Å²) in [5.74, 6) is -0.379. The molecule has 0 amide bonds. The molecule has 6 heteroatoms. The third-order valence-corrected chi connectivity index (χ3v) is 2.55. The van der Waals surface area contributed by atoms with Gasteiger partial charge in [0.1, 0.15) is 12.4 Å². The fourth-order valence-corrected chi connectivity index (χ4v) is 1.50. The highest BCUT2D eigenvalue weighted by Crippen LogP contribution is 2.12. The Bertz CT molecular complexity index is 627. The van der Waals surface area contributed by atoms with E-state index in [0.29, 0.717) is 5.56 Å². The van der Waals surface area contributed by atoms with Gasteiger partial charge in [-0.2, -0.15) is 0 Å². The summed E-state index contributed by atoms with van der Waals surface area (Å²) in [6.45, 7) is 0.156. The summed E-state index contributed by atoms with van der Waals surface area (Å²) in [5.41, 5.74) is 1.08. The molecule has 0 atom stereocenters. The van der Waals surface area contributed by atoms with Crippen LogP contribution in [0.5, 0.6) is 0 Å². The standard InChI is InChI=1S/C14H11FN2O3/c15-14-4-2-1-3-12(14)9-16-20-10-11-5-7-13(8-6-11)17(18)19/h1-9H,10H2/b16-9-. The summed E-state index contributed by atoms with van der Waals surface area (Å²) in [6, 6.07) is 12.1. The Labute approximate surface area is 114 Å². The van der Waals surface area contributed by atoms with Gasteiger partial charge in [0.15, 0.2) is 0 Å². The summed E-state index contributed by atoms with van der Waals surface area (Å²) in [5, 5.41) is 14.1. The number of nitro benzene ring substituents is 1. The molecule has 0 saturated heterocycles. The first kappa shape index (κ1) is 13.7. The number of oxime groups is 1. The van der Waals surface area contributed by atoms with Crippen LogP contribution in [0.2, 0.25) is 0 Å². The number of nitrogens with zero attached hydrogens (tertiary/aromatic N) is 2. The van der Waals surface area contributed by atoms with Gasteiger partial charge in [-0.15, -0.1) is 0 Å². The number of rotatable bonds is 5. The van der Waals surface area contributed by atoms with Crippen molar-refractivity contribution < 1.29 is 14.2 Å². The molecule has 0 bridgehead atoms. The molecule has 0 heterocycles. The van der Waals surface area contributed by atoms with Crippen molar-refractivity contribution in [1.29, 1.82) is 0 Å². The Hall–Kier alpha value is -2.76. The van der Waals surface area contributed by atoms with Crippen molar-refractivity contribution in [2.45, 2.75) is 6.61 Å². The van der Waals surface area contributed by atoms with Crippen LogP contribution < -0.4 is 0 Å². The predicted molar refractivity (Wildman–Crippen MR) is 71.9 cm³/mol. The number of non-ortho nitro benzene ring substituents is 1. The molecule has 0 saturated carbocycles. The minimum Gasteiger partial charge on any atom is -0.391 e. The summed E-state index contributed by atoms with van der Waals surface area (Å²) in [4.78, 5) is 15.0. The van der Waals surface area contributed by atoms with Gasteiger partial charge in [-0.3, -0.25) is 10.1 Å². The highest BCUT2D eigenvalue weighted by Gasteiger charge is 2.03. The highest BCUT2D eigenvalue weighted by molar-refractivity contribution is 5.79. The molecule has 0 aliphatic rings. The first-order valence-corrected chi connectivity index (χ1v) is 5.80. The van der Waals surface area contributed by atoms with Crippen molar-refractivity contribution in [3.63, 3.8) is 0 Å². The number of benzene rings is 2. The number of hydrogen-bond acceptors (Lipinski definition) is 4. The minimum atomic E-state index is -0.471. The van der Waals surface area contributed by atoms with Crippen molar-refractivity contribution in [2.24, 2.45) is 5.16 Å². The summed E-state index contributed by atoms with van der Waals surface area (Å²) < 4.78 is 13.2. The fourth-order valence-electron chi connectivity index (χ4n) is 1.50. The Morgan fingerprint density at radius 3 is 2.55 bits per heavy atom. The molecule has 2 aromatic rings. The van der Waals surface area contributed by atoms with Crippen molar-refractivity contribution in [3.8, 4) is 0 Å². The second kappa shape index (κ2) is 6.42. The minimum absolute atomic E-state index is 0.0172. The van der Waals surface area contributed by atoms with Crippen molar-refractivity contribution in [3.05, 3.63) is 75.6 Å². The van der Waals surface area contributed by atoms with Crippen LogP contribution in [0, 0.1) is 15.9 Å². The van der Waals surface area contributed by atoms with Gasteiger partial charge in [0.2, 0.25) is 0 Å². The Balaban J connectivity index is 1.90. The van der Waals surface area contributed by atoms with E-state index in [1.807, 2.05) is 0 Å². The average molecular weight is 274 g/mol. The van der Waals surface area contributed by atoms with E-state index in [9.17, 15) is 14.5 Å². The fraction of sp³-hybridized carbons (Fsp3) is 0.0714. The molecule has 0 aliphatic heterocycles. The molecule has 2 aromatic carbocycles. The lowest BCUT2D eigenvalue weighted by atomic mass is 10.2. The SMILES string of the molecule is O=[N+]([O-])c1ccc(CO/N=C\c2ccccc2F)cc1. The largest absolute Gasteiger partial charge is 0.391 e. The van der Waals surface area contributed by atoms with Crippen LogP contribution in [0.4, 0.5) is 10.1 Å². The number of halogens is 1. The van der Waals surface area contributed by atoms with E-state index in [-0.39, 0.29) is 18.1 Å². The van der Waals surface area contributed by atoms with E-state index < -0.39 is 4.92 Å². The lowest BCUT2D eigenvalue weighted by molar-refractivity contribution is -0.384. The quantitative estimate of drug-likeness (QED) is 0.477. The van der Waals surface area contributed by atoms with Gasteiger partial charge in [0, 0.05) is 17.7 Å². The number of nitro groups is 1. The lowest BCUT2D eigenvalue weighted by Crippen LogP contribution is -1.92. The Morgan fingerprint density at radius 1 is 1.20 bits per heavy atom. The zero-order valence-electron chi connectivity index (χ0n) is 10.4. The van der Waals surface area contributed by atoms with E-state index in [2.05, 4.69) is 5.16 Å². The van der Waals surface area contributed by atoms with Crippen molar-refractivity contribution in [2.75, 3.05) is 0 Å². The highest BCUT2D eigenvalue weighted by atomic mass is 19.1. The maximum Gasteiger partial charge on any atom is 0.269 e. The van der Waals surface area contributed by atoms with E-state index in [1.54, 1.807) is 30.3 Å². The molecule has 0 unspecified atom stereocenters. The van der Waals surface area contributed by atoms with Gasteiger partial charge in [0.25, 0.3) is 5.69 Å². The van der Waals surface area contributed by atoms with Gasteiger partial charge in [-0.05, 0) is 23.8 Å². The second-order valence-electron chi connectivity index (χ2n) is 3.95. The van der Waals surface area contributed by atoms with Gasteiger partial charge >= 0.3 is 0 Å². The molecule has 5 nitrogen and oxygen atoms in total. The van der Waals surface area contributed by atoms with Crippen LogP contribution in [-0.2, 0) is 11.4 Å². The smallest absolute Gasteiger partial charge is 0.269 e. The first-order chi connectivity index (χ1) is 9.66. The number of hydrogen-bond donors (Lipinski definition) is 0. The first-order valence-electron chi connectivity index (χ1n) is 5.80. The van der Waals surface area contributed by atoms with Crippen LogP contribution in [-0.4, -0.2) is 11.1 Å². The molecule has 102 valence electrons. The monoisotopic (exact) mass is 274 g/mol. The van der Waals surface area contributed by atoms with E-state index in [4.69, 9.17) is 4.84 Å². The van der Waals surface area contributed by atoms with Crippen molar-refractivity contribution >= 4 is 11.9 Å². The zero-order chi connectivity index (χ0) is 14.4. The van der Waals surface area contributed by atoms with E-state index in [0.717, 1.165) is 5.56 Å². The zero-order valence-corrected chi connectivity index (χ0v) is 10.4. The Kier molecular flexibility index (Phi) is 4.39. The van der Waals surface area contributed by atoms with Gasteiger partial charge in [0.05, 0.1) is 11.1 Å². The molecule has 0 spiro atoms. The van der Waals surface area contributed by atoms with Gasteiger partial charge < -0.3 is 4.84 Å².